The smallest absolute Gasteiger partial charge is 0.0927 e. The van der Waals surface area contributed by atoms with Gasteiger partial charge in [0.1, 0.15) is 0 Å². The summed E-state index contributed by atoms with van der Waals surface area (Å²) in [6.45, 7) is 0.861. The van der Waals surface area contributed by atoms with Crippen molar-refractivity contribution in [2.75, 3.05) is 16.9 Å². The van der Waals surface area contributed by atoms with Crippen LogP contribution < -0.4 is 10.2 Å². The third kappa shape index (κ3) is 1.03. The van der Waals surface area contributed by atoms with Crippen molar-refractivity contribution >= 4 is 27.8 Å². The molecule has 0 radical (unpaired) electrons. The first-order valence-electron chi connectivity index (χ1n) is 6.60. The highest BCUT2D eigenvalue weighted by molar-refractivity contribution is 6.16. The molecule has 0 unspecified atom stereocenters. The number of anilines is 3. The van der Waals surface area contributed by atoms with E-state index >= 15 is 0 Å². The summed E-state index contributed by atoms with van der Waals surface area (Å²) in [6, 6.07) is 19.6. The van der Waals surface area contributed by atoms with Crippen LogP contribution in [0.25, 0.3) is 21.9 Å². The first-order chi connectivity index (χ1) is 9.43. The Labute approximate surface area is 111 Å². The van der Waals surface area contributed by atoms with E-state index in [2.05, 4.69) is 64.8 Å². The number of nitrogens with one attached hydrogen (secondary N) is 1. The maximum atomic E-state index is 3.49. The van der Waals surface area contributed by atoms with E-state index in [1.807, 2.05) is 0 Å². The lowest BCUT2D eigenvalue weighted by Crippen LogP contribution is -2.19. The molecular weight excluding hydrogens is 232 g/mol. The Morgan fingerprint density at radius 3 is 2.74 bits per heavy atom. The zero-order valence-corrected chi connectivity index (χ0v) is 10.4. The van der Waals surface area contributed by atoms with Crippen molar-refractivity contribution in [1.82, 2.24) is 0 Å². The lowest BCUT2D eigenvalue weighted by atomic mass is 9.91. The lowest BCUT2D eigenvalue weighted by Gasteiger charge is -2.28. The molecule has 0 amide bonds. The molecule has 2 aliphatic heterocycles. The SMILES string of the molecule is c1ccc2c(c1)-c1cccc3ccc4c(c13)N2CN4. The molecule has 0 aliphatic carbocycles. The number of para-hydroxylation sites is 1. The highest BCUT2D eigenvalue weighted by Crippen LogP contribution is 2.52. The van der Waals surface area contributed by atoms with E-state index in [1.165, 1.54) is 39.0 Å². The van der Waals surface area contributed by atoms with Crippen LogP contribution in [0.5, 0.6) is 0 Å². The van der Waals surface area contributed by atoms with Gasteiger partial charge in [0.05, 0.1) is 23.7 Å². The first kappa shape index (κ1) is 9.45. The van der Waals surface area contributed by atoms with Gasteiger partial charge in [0.2, 0.25) is 0 Å². The molecule has 0 aromatic heterocycles. The van der Waals surface area contributed by atoms with Crippen molar-refractivity contribution < 1.29 is 0 Å². The molecule has 0 fully saturated rings. The summed E-state index contributed by atoms with van der Waals surface area (Å²) < 4.78 is 0. The van der Waals surface area contributed by atoms with E-state index in [1.54, 1.807) is 0 Å². The van der Waals surface area contributed by atoms with Gasteiger partial charge in [-0.25, -0.2) is 0 Å². The predicted octanol–water partition coefficient (Wildman–Crippen LogP) is 4.34. The van der Waals surface area contributed by atoms with Gasteiger partial charge in [0.15, 0.2) is 0 Å². The molecule has 3 aromatic rings. The second-order valence-electron chi connectivity index (χ2n) is 5.15. The number of nitrogens with zero attached hydrogens (tertiary/aromatic N) is 1. The summed E-state index contributed by atoms with van der Waals surface area (Å²) in [7, 11) is 0. The molecule has 0 atom stereocenters. The molecule has 90 valence electrons. The van der Waals surface area contributed by atoms with Crippen molar-refractivity contribution in [2.45, 2.75) is 0 Å². The van der Waals surface area contributed by atoms with Crippen molar-refractivity contribution in [3.8, 4) is 11.1 Å². The zero-order chi connectivity index (χ0) is 12.4. The average molecular weight is 244 g/mol. The Kier molecular flexibility index (Phi) is 1.54. The number of benzene rings is 3. The van der Waals surface area contributed by atoms with Crippen LogP contribution >= 0.6 is 0 Å². The van der Waals surface area contributed by atoms with E-state index in [0.717, 1.165) is 6.67 Å². The number of rotatable bonds is 0. The number of hydrogen-bond donors (Lipinski definition) is 1. The summed E-state index contributed by atoms with van der Waals surface area (Å²) in [5, 5.41) is 6.19. The van der Waals surface area contributed by atoms with Gasteiger partial charge in [-0.05, 0) is 23.1 Å². The van der Waals surface area contributed by atoms with E-state index in [9.17, 15) is 0 Å². The van der Waals surface area contributed by atoms with Crippen LogP contribution in [-0.4, -0.2) is 6.67 Å². The fourth-order valence-electron chi connectivity index (χ4n) is 3.39. The number of fused-ring (bicyclic) bond motifs is 3. The van der Waals surface area contributed by atoms with Crippen molar-refractivity contribution in [2.24, 2.45) is 0 Å². The van der Waals surface area contributed by atoms with Gasteiger partial charge in [-0.15, -0.1) is 0 Å². The summed E-state index contributed by atoms with van der Waals surface area (Å²) in [5.74, 6) is 0. The molecule has 2 nitrogen and oxygen atoms in total. The van der Waals surface area contributed by atoms with Crippen molar-refractivity contribution in [3.05, 3.63) is 54.6 Å². The topological polar surface area (TPSA) is 15.3 Å². The van der Waals surface area contributed by atoms with Crippen LogP contribution in [0.15, 0.2) is 54.6 Å². The zero-order valence-electron chi connectivity index (χ0n) is 10.4. The Morgan fingerprint density at radius 1 is 0.842 bits per heavy atom. The number of hydrogen-bond acceptors (Lipinski definition) is 2. The molecule has 19 heavy (non-hydrogen) atoms. The van der Waals surface area contributed by atoms with Gasteiger partial charge >= 0.3 is 0 Å². The maximum absolute atomic E-state index is 3.49. The van der Waals surface area contributed by atoms with Gasteiger partial charge in [0, 0.05) is 10.9 Å². The minimum absolute atomic E-state index is 0.861. The van der Waals surface area contributed by atoms with Crippen LogP contribution in [0.3, 0.4) is 0 Å². The van der Waals surface area contributed by atoms with E-state index in [4.69, 9.17) is 0 Å². The van der Waals surface area contributed by atoms with E-state index < -0.39 is 0 Å². The van der Waals surface area contributed by atoms with Crippen LogP contribution in [0, 0.1) is 0 Å². The van der Waals surface area contributed by atoms with Crippen LogP contribution in [0.2, 0.25) is 0 Å². The maximum Gasteiger partial charge on any atom is 0.0927 e. The Hall–Kier alpha value is -2.48. The Balaban J connectivity index is 2.06. The van der Waals surface area contributed by atoms with Gasteiger partial charge in [-0.1, -0.05) is 42.5 Å². The van der Waals surface area contributed by atoms with Gasteiger partial charge < -0.3 is 10.2 Å². The molecule has 2 aliphatic rings. The van der Waals surface area contributed by atoms with Crippen LogP contribution in [-0.2, 0) is 0 Å². The van der Waals surface area contributed by atoms with Crippen LogP contribution in [0.4, 0.5) is 17.1 Å². The summed E-state index contributed by atoms with van der Waals surface area (Å²) in [6.07, 6.45) is 0. The largest absolute Gasteiger partial charge is 0.366 e. The molecule has 1 N–H and O–H groups in total. The monoisotopic (exact) mass is 244 g/mol. The molecule has 3 aromatic carbocycles. The molecule has 5 rings (SSSR count). The lowest BCUT2D eigenvalue weighted by molar-refractivity contribution is 1.10. The van der Waals surface area contributed by atoms with Crippen LogP contribution in [0.1, 0.15) is 0 Å². The fourth-order valence-corrected chi connectivity index (χ4v) is 3.39. The molecule has 0 bridgehead atoms. The molecular formula is C17H12N2. The average Bonchev–Trinajstić information content (AvgIpc) is 2.91. The van der Waals surface area contributed by atoms with Crippen molar-refractivity contribution in [1.29, 1.82) is 0 Å². The first-order valence-corrected chi connectivity index (χ1v) is 6.60. The third-order valence-electron chi connectivity index (χ3n) is 4.20. The summed E-state index contributed by atoms with van der Waals surface area (Å²) >= 11 is 0. The minimum Gasteiger partial charge on any atom is -0.366 e. The molecule has 2 heterocycles. The fraction of sp³-hybridized carbons (Fsp3) is 0.0588. The highest BCUT2D eigenvalue weighted by Gasteiger charge is 2.29. The Bertz CT molecular complexity index is 836. The second-order valence-corrected chi connectivity index (χ2v) is 5.15. The van der Waals surface area contributed by atoms with Crippen molar-refractivity contribution in [3.63, 3.8) is 0 Å². The van der Waals surface area contributed by atoms with Gasteiger partial charge in [-0.3, -0.25) is 0 Å². The highest BCUT2D eigenvalue weighted by atomic mass is 15.3. The Morgan fingerprint density at radius 2 is 1.74 bits per heavy atom. The summed E-state index contributed by atoms with van der Waals surface area (Å²) in [5.41, 5.74) is 6.58. The summed E-state index contributed by atoms with van der Waals surface area (Å²) in [4.78, 5) is 2.39. The third-order valence-corrected chi connectivity index (χ3v) is 4.20. The molecule has 0 spiro atoms. The molecule has 0 saturated heterocycles. The molecule has 2 heteroatoms. The quantitative estimate of drug-likeness (QED) is 0.632. The standard InChI is InChI=1S/C17H12N2/c1-2-7-15-12(5-1)13-6-3-4-11-8-9-14-17(16(11)13)19(15)10-18-14/h1-9,18H,10H2. The minimum atomic E-state index is 0.861. The van der Waals surface area contributed by atoms with Gasteiger partial charge in [0.25, 0.3) is 0 Å². The molecule has 0 saturated carbocycles. The predicted molar refractivity (Wildman–Crippen MR) is 80.0 cm³/mol. The van der Waals surface area contributed by atoms with E-state index in [-0.39, 0.29) is 0 Å². The second kappa shape index (κ2) is 3.09. The normalized spacial score (nSPS) is 14.4. The van der Waals surface area contributed by atoms with E-state index in [0.29, 0.717) is 0 Å². The van der Waals surface area contributed by atoms with Gasteiger partial charge in [-0.2, -0.15) is 0 Å².